The minimum atomic E-state index is 0.128. The molecule has 8 heteroatoms. The molecule has 1 aliphatic rings. The van der Waals surface area contributed by atoms with Gasteiger partial charge in [-0.1, -0.05) is 65.0 Å². The second-order valence-electron chi connectivity index (χ2n) is 10.1. The summed E-state index contributed by atoms with van der Waals surface area (Å²) in [6.07, 6.45) is 3.56. The van der Waals surface area contributed by atoms with Crippen molar-refractivity contribution in [2.75, 3.05) is 26.4 Å². The molecule has 0 bridgehead atoms. The Morgan fingerprint density at radius 3 is 1.44 bits per heavy atom. The van der Waals surface area contributed by atoms with Gasteiger partial charge in [0.2, 0.25) is 11.8 Å². The topological polar surface area (TPSA) is 88.5 Å². The molecule has 0 saturated heterocycles. The molecule has 4 rings (SSSR count). The normalized spacial score (nSPS) is 20.2. The number of benzene rings is 1. The van der Waals surface area contributed by atoms with Crippen LogP contribution in [0.2, 0.25) is 0 Å². The van der Waals surface area contributed by atoms with Crippen LogP contribution in [-0.4, -0.2) is 46.4 Å². The van der Waals surface area contributed by atoms with E-state index >= 15 is 0 Å². The molecule has 0 unspecified atom stereocenters. The first kappa shape index (κ1) is 28.6. The Morgan fingerprint density at radius 1 is 0.564 bits per heavy atom. The fourth-order valence-corrected chi connectivity index (χ4v) is 5.21. The van der Waals surface area contributed by atoms with Crippen molar-refractivity contribution in [3.8, 4) is 23.8 Å². The van der Waals surface area contributed by atoms with E-state index < -0.39 is 0 Å². The highest BCUT2D eigenvalue weighted by molar-refractivity contribution is 5.40. The zero-order valence-electron chi connectivity index (χ0n) is 23.9. The Labute approximate surface area is 232 Å². The third-order valence-corrected chi connectivity index (χ3v) is 6.96. The predicted molar refractivity (Wildman–Crippen MR) is 151 cm³/mol. The smallest absolute Gasteiger partial charge is 0.319 e. The first-order valence-electron chi connectivity index (χ1n) is 14.4. The van der Waals surface area contributed by atoms with Gasteiger partial charge in [-0.2, -0.15) is 19.9 Å². The van der Waals surface area contributed by atoms with Crippen molar-refractivity contribution in [3.05, 3.63) is 59.4 Å². The molecule has 0 N–H and O–H groups in total. The monoisotopic (exact) mass is 534 g/mol. The van der Waals surface area contributed by atoms with E-state index in [4.69, 9.17) is 28.9 Å². The zero-order chi connectivity index (χ0) is 27.6. The van der Waals surface area contributed by atoms with Crippen molar-refractivity contribution in [2.24, 2.45) is 5.92 Å². The summed E-state index contributed by atoms with van der Waals surface area (Å²) in [4.78, 5) is 18.8. The molecule has 4 atom stereocenters. The van der Waals surface area contributed by atoms with Gasteiger partial charge >= 0.3 is 12.0 Å². The molecular weight excluding hydrogens is 492 g/mol. The van der Waals surface area contributed by atoms with E-state index in [-0.39, 0.29) is 23.7 Å². The number of aromatic nitrogens is 4. The molecule has 1 fully saturated rings. The summed E-state index contributed by atoms with van der Waals surface area (Å²) >= 11 is 0. The highest BCUT2D eigenvalue weighted by atomic mass is 16.5. The van der Waals surface area contributed by atoms with E-state index in [0.717, 1.165) is 37.1 Å². The van der Waals surface area contributed by atoms with Crippen LogP contribution in [0, 0.1) is 5.92 Å². The second kappa shape index (κ2) is 14.1. The quantitative estimate of drug-likeness (QED) is 0.212. The number of nitrogens with zero attached hydrogens (tertiary/aromatic N) is 4. The maximum atomic E-state index is 5.94. The van der Waals surface area contributed by atoms with Crippen LogP contribution in [0.25, 0.3) is 0 Å². The third-order valence-electron chi connectivity index (χ3n) is 6.96. The molecular formula is C31H42N4O4. The molecule has 1 saturated carbocycles. The highest BCUT2D eigenvalue weighted by Crippen LogP contribution is 2.62. The molecule has 1 aliphatic carbocycles. The van der Waals surface area contributed by atoms with E-state index in [1.165, 1.54) is 5.56 Å². The van der Waals surface area contributed by atoms with Crippen molar-refractivity contribution >= 4 is 0 Å². The van der Waals surface area contributed by atoms with Gasteiger partial charge in [0.05, 0.1) is 37.8 Å². The molecule has 2 aromatic heterocycles. The Kier molecular flexibility index (Phi) is 10.3. The van der Waals surface area contributed by atoms with Crippen LogP contribution in [0.3, 0.4) is 0 Å². The van der Waals surface area contributed by atoms with Crippen LogP contribution < -0.4 is 18.9 Å². The van der Waals surface area contributed by atoms with Crippen molar-refractivity contribution in [1.82, 2.24) is 19.9 Å². The third kappa shape index (κ3) is 6.97. The SMILES string of the molecule is CCCOc1cc([C@@H]2[C@@H](C)[C@H](c3cc(OCCC)nc(OCCC)n3)[C@@H]2c2ccccc2)nc(OCCC)n1. The van der Waals surface area contributed by atoms with Gasteiger partial charge in [-0.05, 0) is 37.2 Å². The molecule has 0 amide bonds. The minimum absolute atomic E-state index is 0.128. The fraction of sp³-hybridized carbons (Fsp3) is 0.548. The largest absolute Gasteiger partial charge is 0.478 e. The number of ether oxygens (including phenoxy) is 4. The number of hydrogen-bond donors (Lipinski definition) is 0. The summed E-state index contributed by atoms with van der Waals surface area (Å²) in [5.74, 6) is 1.75. The predicted octanol–water partition coefficient (Wildman–Crippen LogP) is 6.72. The van der Waals surface area contributed by atoms with Crippen LogP contribution in [-0.2, 0) is 0 Å². The minimum Gasteiger partial charge on any atom is -0.478 e. The molecule has 0 aliphatic heterocycles. The average molecular weight is 535 g/mol. The highest BCUT2D eigenvalue weighted by Gasteiger charge is 2.51. The van der Waals surface area contributed by atoms with Crippen LogP contribution in [0.4, 0.5) is 0 Å². The van der Waals surface area contributed by atoms with E-state index in [1.807, 2.05) is 18.2 Å². The maximum absolute atomic E-state index is 5.94. The molecule has 2 heterocycles. The molecule has 8 nitrogen and oxygen atoms in total. The Morgan fingerprint density at radius 2 is 1.00 bits per heavy atom. The first-order valence-corrected chi connectivity index (χ1v) is 14.4. The lowest BCUT2D eigenvalue weighted by molar-refractivity contribution is 0.161. The van der Waals surface area contributed by atoms with E-state index in [2.05, 4.69) is 68.9 Å². The van der Waals surface area contributed by atoms with Crippen LogP contribution >= 0.6 is 0 Å². The average Bonchev–Trinajstić information content (AvgIpc) is 2.96. The van der Waals surface area contributed by atoms with Crippen LogP contribution in [0.1, 0.15) is 95.0 Å². The van der Waals surface area contributed by atoms with Gasteiger partial charge in [0.1, 0.15) is 0 Å². The summed E-state index contributed by atoms with van der Waals surface area (Å²) in [6, 6.07) is 15.3. The Balaban J connectivity index is 1.75. The van der Waals surface area contributed by atoms with Gasteiger partial charge in [-0.25, -0.2) is 0 Å². The van der Waals surface area contributed by atoms with Crippen LogP contribution in [0.5, 0.6) is 23.8 Å². The first-order chi connectivity index (χ1) is 19.1. The van der Waals surface area contributed by atoms with Crippen molar-refractivity contribution in [1.29, 1.82) is 0 Å². The molecule has 0 spiro atoms. The summed E-state index contributed by atoms with van der Waals surface area (Å²) in [5.41, 5.74) is 3.10. The van der Waals surface area contributed by atoms with Crippen molar-refractivity contribution in [3.63, 3.8) is 0 Å². The van der Waals surface area contributed by atoms with E-state index in [1.54, 1.807) is 0 Å². The summed E-state index contributed by atoms with van der Waals surface area (Å²) in [6.45, 7) is 12.9. The van der Waals surface area contributed by atoms with Gasteiger partial charge in [-0.3, -0.25) is 0 Å². The van der Waals surface area contributed by atoms with E-state index in [0.29, 0.717) is 50.2 Å². The van der Waals surface area contributed by atoms with Gasteiger partial charge < -0.3 is 18.9 Å². The van der Waals surface area contributed by atoms with E-state index in [9.17, 15) is 0 Å². The maximum Gasteiger partial charge on any atom is 0.319 e. The summed E-state index contributed by atoms with van der Waals surface area (Å²) in [5, 5.41) is 0. The van der Waals surface area contributed by atoms with Crippen LogP contribution in [0.15, 0.2) is 42.5 Å². The lowest BCUT2D eigenvalue weighted by Gasteiger charge is -2.50. The van der Waals surface area contributed by atoms with Crippen molar-refractivity contribution < 1.29 is 18.9 Å². The molecule has 210 valence electrons. The summed E-state index contributed by atoms with van der Waals surface area (Å²) in [7, 11) is 0. The van der Waals surface area contributed by atoms with Gasteiger partial charge in [-0.15, -0.1) is 0 Å². The standard InChI is InChI=1S/C31H42N4O4/c1-6-15-36-25-19-23(32-30(34-25)38-17-8-3)27-21(5)28(29(27)22-13-11-10-12-14-22)24-20-26(37-16-7-2)35-31(33-24)39-18-9-4/h10-14,19-21,27-29H,6-9,15-18H2,1-5H3/t21-,27+,28-,29-. The zero-order valence-corrected chi connectivity index (χ0v) is 23.9. The van der Waals surface area contributed by atoms with Crippen molar-refractivity contribution in [2.45, 2.75) is 78.1 Å². The Bertz CT molecular complexity index is 1050. The molecule has 0 radical (unpaired) electrons. The van der Waals surface area contributed by atoms with Gasteiger partial charge in [0.15, 0.2) is 0 Å². The lowest BCUT2D eigenvalue weighted by atomic mass is 9.53. The second-order valence-corrected chi connectivity index (χ2v) is 10.1. The lowest BCUT2D eigenvalue weighted by Crippen LogP contribution is -2.41. The summed E-state index contributed by atoms with van der Waals surface area (Å²) < 4.78 is 23.6. The molecule has 1 aromatic carbocycles. The fourth-order valence-electron chi connectivity index (χ4n) is 5.21. The number of rotatable bonds is 15. The molecule has 39 heavy (non-hydrogen) atoms. The Hall–Kier alpha value is -3.42. The number of hydrogen-bond acceptors (Lipinski definition) is 8. The molecule has 3 aromatic rings. The van der Waals surface area contributed by atoms with Gasteiger partial charge in [0.25, 0.3) is 0 Å². The van der Waals surface area contributed by atoms with Gasteiger partial charge in [0, 0.05) is 29.9 Å².